The van der Waals surface area contributed by atoms with Crippen molar-refractivity contribution >= 4 is 5.91 Å². The van der Waals surface area contributed by atoms with Gasteiger partial charge in [0.15, 0.2) is 6.17 Å². The highest BCUT2D eigenvalue weighted by molar-refractivity contribution is 5.75. The Bertz CT molecular complexity index is 477. The summed E-state index contributed by atoms with van der Waals surface area (Å²) in [5.41, 5.74) is 3.53. The summed E-state index contributed by atoms with van der Waals surface area (Å²) in [4.78, 5) is 13.5. The summed E-state index contributed by atoms with van der Waals surface area (Å²) in [5.74, 6) is 0.782. The Morgan fingerprint density at radius 1 is 1.30 bits per heavy atom. The smallest absolute Gasteiger partial charge is 0.225 e. The molecule has 5 heteroatoms. The lowest BCUT2D eigenvalue weighted by atomic mass is 9.96. The molecule has 1 aliphatic carbocycles. The molecule has 20 heavy (non-hydrogen) atoms. The summed E-state index contributed by atoms with van der Waals surface area (Å²) in [6, 6.07) is 4.24. The van der Waals surface area contributed by atoms with E-state index in [1.807, 2.05) is 29.5 Å². The van der Waals surface area contributed by atoms with Crippen LogP contribution in [-0.2, 0) is 4.79 Å². The van der Waals surface area contributed by atoms with Gasteiger partial charge in [-0.15, -0.1) is 0 Å². The van der Waals surface area contributed by atoms with Gasteiger partial charge in [0.25, 0.3) is 0 Å². The van der Waals surface area contributed by atoms with Gasteiger partial charge in [-0.05, 0) is 25.0 Å². The van der Waals surface area contributed by atoms with Crippen molar-refractivity contribution in [3.63, 3.8) is 0 Å². The fraction of sp³-hybridized carbons (Fsp3) is 0.533. The number of carbonyl (C=O) groups is 1. The quantitative estimate of drug-likeness (QED) is 0.921. The lowest BCUT2D eigenvalue weighted by molar-refractivity contribution is -0.131. The molecule has 1 unspecified atom stereocenters. The van der Waals surface area contributed by atoms with Gasteiger partial charge in [0.05, 0.1) is 6.26 Å². The lowest BCUT2D eigenvalue weighted by Crippen LogP contribution is -2.46. The fourth-order valence-electron chi connectivity index (χ4n) is 2.99. The van der Waals surface area contributed by atoms with Gasteiger partial charge in [-0.2, -0.15) is 0 Å². The maximum Gasteiger partial charge on any atom is 0.225 e. The van der Waals surface area contributed by atoms with Crippen molar-refractivity contribution in [3.05, 3.63) is 36.6 Å². The van der Waals surface area contributed by atoms with E-state index in [1.54, 1.807) is 18.1 Å². The highest BCUT2D eigenvalue weighted by Crippen LogP contribution is 2.31. The minimum Gasteiger partial charge on any atom is -0.465 e. The van der Waals surface area contributed by atoms with Crippen molar-refractivity contribution in [2.45, 2.75) is 51.2 Å². The Morgan fingerprint density at radius 3 is 2.75 bits per heavy atom. The third-order valence-corrected chi connectivity index (χ3v) is 4.01. The minimum absolute atomic E-state index is 0.00981. The molecule has 1 amide bonds. The van der Waals surface area contributed by atoms with E-state index in [4.69, 9.17) is 4.42 Å². The average Bonchev–Trinajstić information content (AvgIpc) is 3.08. The predicted octanol–water partition coefficient (Wildman–Crippen LogP) is 2.75. The van der Waals surface area contributed by atoms with Crippen LogP contribution in [0.25, 0.3) is 0 Å². The first-order chi connectivity index (χ1) is 9.75. The first-order valence-corrected chi connectivity index (χ1v) is 7.31. The van der Waals surface area contributed by atoms with Crippen LogP contribution in [0.4, 0.5) is 0 Å². The number of rotatable bonds is 3. The maximum atomic E-state index is 11.8. The molecule has 0 bridgehead atoms. The number of hydrogen-bond acceptors (Lipinski definition) is 4. The zero-order valence-corrected chi connectivity index (χ0v) is 11.8. The molecule has 0 aromatic carbocycles. The third-order valence-electron chi connectivity index (χ3n) is 4.01. The number of carbonyl (C=O) groups excluding carboxylic acids is 1. The number of furan rings is 1. The number of hydrogen-bond donors (Lipinski definition) is 1. The fourth-order valence-corrected chi connectivity index (χ4v) is 2.99. The van der Waals surface area contributed by atoms with Gasteiger partial charge in [0.2, 0.25) is 5.91 Å². The zero-order chi connectivity index (χ0) is 13.9. The van der Waals surface area contributed by atoms with Gasteiger partial charge < -0.3 is 4.42 Å². The summed E-state index contributed by atoms with van der Waals surface area (Å²) in [6.45, 7) is 1.57. The monoisotopic (exact) mass is 275 g/mol. The minimum atomic E-state index is -0.218. The molecule has 2 heterocycles. The maximum absolute atomic E-state index is 11.8. The van der Waals surface area contributed by atoms with E-state index in [2.05, 4.69) is 5.43 Å². The molecule has 1 aromatic rings. The van der Waals surface area contributed by atoms with E-state index in [1.165, 1.54) is 32.1 Å². The molecule has 108 valence electrons. The molecule has 2 aliphatic rings. The van der Waals surface area contributed by atoms with E-state index in [0.29, 0.717) is 6.04 Å². The van der Waals surface area contributed by atoms with Crippen LogP contribution in [0.15, 0.2) is 35.2 Å². The van der Waals surface area contributed by atoms with Crippen molar-refractivity contribution in [3.8, 4) is 0 Å². The molecule has 1 N–H and O–H groups in total. The van der Waals surface area contributed by atoms with Crippen LogP contribution >= 0.6 is 0 Å². The molecule has 1 aromatic heterocycles. The van der Waals surface area contributed by atoms with Gasteiger partial charge in [0.1, 0.15) is 5.76 Å². The predicted molar refractivity (Wildman–Crippen MR) is 75.0 cm³/mol. The van der Waals surface area contributed by atoms with Crippen LogP contribution in [0.1, 0.15) is 51.0 Å². The Hall–Kier alpha value is -1.75. The van der Waals surface area contributed by atoms with E-state index in [9.17, 15) is 4.79 Å². The molecular weight excluding hydrogens is 254 g/mol. The molecule has 3 rings (SSSR count). The molecule has 0 spiro atoms. The Balaban J connectivity index is 1.75. The normalized spacial score (nSPS) is 23.6. The molecule has 5 nitrogen and oxygen atoms in total. The first-order valence-electron chi connectivity index (χ1n) is 7.31. The van der Waals surface area contributed by atoms with Crippen LogP contribution in [0.2, 0.25) is 0 Å². The summed E-state index contributed by atoms with van der Waals surface area (Å²) in [6.07, 6.45) is 11.4. The van der Waals surface area contributed by atoms with Gasteiger partial charge >= 0.3 is 0 Å². The van der Waals surface area contributed by atoms with Crippen LogP contribution in [0.5, 0.6) is 0 Å². The second kappa shape index (κ2) is 5.71. The number of nitrogens with one attached hydrogen (secondary N) is 1. The molecule has 1 atom stereocenters. The van der Waals surface area contributed by atoms with E-state index >= 15 is 0 Å². The Morgan fingerprint density at radius 2 is 2.10 bits per heavy atom. The topological polar surface area (TPSA) is 48.7 Å². The second-order valence-corrected chi connectivity index (χ2v) is 5.48. The molecule has 1 fully saturated rings. The molecule has 0 radical (unpaired) electrons. The standard InChI is InChI=1S/C15H21N3O2/c1-12(19)17-9-10-18(15(17)14-8-5-11-20-14)16-13-6-3-2-4-7-13/h5,8-11,13,15-16H,2-4,6-7H2,1H3. The first kappa shape index (κ1) is 13.2. The van der Waals surface area contributed by atoms with Crippen LogP contribution in [-0.4, -0.2) is 21.9 Å². The average molecular weight is 275 g/mol. The molecular formula is C15H21N3O2. The Labute approximate surface area is 119 Å². The zero-order valence-electron chi connectivity index (χ0n) is 11.8. The summed E-state index contributed by atoms with van der Waals surface area (Å²) >= 11 is 0. The largest absolute Gasteiger partial charge is 0.465 e. The van der Waals surface area contributed by atoms with E-state index < -0.39 is 0 Å². The van der Waals surface area contributed by atoms with Crippen molar-refractivity contribution in [1.82, 2.24) is 15.3 Å². The molecule has 1 aliphatic heterocycles. The van der Waals surface area contributed by atoms with Gasteiger partial charge in [-0.3, -0.25) is 14.7 Å². The summed E-state index contributed by atoms with van der Waals surface area (Å²) in [7, 11) is 0. The van der Waals surface area contributed by atoms with Crippen molar-refractivity contribution in [2.75, 3.05) is 0 Å². The van der Waals surface area contributed by atoms with E-state index in [-0.39, 0.29) is 12.1 Å². The van der Waals surface area contributed by atoms with Gasteiger partial charge in [-0.1, -0.05) is 19.3 Å². The SMILES string of the molecule is CC(=O)N1C=CN(NC2CCCCC2)C1c1ccco1. The highest BCUT2D eigenvalue weighted by Gasteiger charge is 2.33. The van der Waals surface area contributed by atoms with Crippen LogP contribution in [0, 0.1) is 0 Å². The molecule has 0 saturated heterocycles. The molecule has 1 saturated carbocycles. The highest BCUT2D eigenvalue weighted by atomic mass is 16.3. The number of amides is 1. The Kier molecular flexibility index (Phi) is 3.78. The number of hydrazine groups is 1. The van der Waals surface area contributed by atoms with Gasteiger partial charge in [-0.25, -0.2) is 5.43 Å². The van der Waals surface area contributed by atoms with Crippen molar-refractivity contribution in [1.29, 1.82) is 0 Å². The number of nitrogens with zero attached hydrogens (tertiary/aromatic N) is 2. The second-order valence-electron chi connectivity index (χ2n) is 5.48. The van der Waals surface area contributed by atoms with Crippen molar-refractivity contribution < 1.29 is 9.21 Å². The van der Waals surface area contributed by atoms with Crippen LogP contribution < -0.4 is 5.43 Å². The van der Waals surface area contributed by atoms with E-state index in [0.717, 1.165) is 5.76 Å². The third kappa shape index (κ3) is 2.58. The van der Waals surface area contributed by atoms with Gasteiger partial charge in [0, 0.05) is 25.4 Å². The lowest BCUT2D eigenvalue weighted by Gasteiger charge is -2.34. The summed E-state index contributed by atoms with van der Waals surface area (Å²) in [5, 5.41) is 2.00. The summed E-state index contributed by atoms with van der Waals surface area (Å²) < 4.78 is 5.50. The van der Waals surface area contributed by atoms with Crippen LogP contribution in [0.3, 0.4) is 0 Å². The van der Waals surface area contributed by atoms with Crippen molar-refractivity contribution in [2.24, 2.45) is 0 Å².